The predicted molar refractivity (Wildman–Crippen MR) is 96.8 cm³/mol. The molecule has 0 saturated carbocycles. The van der Waals surface area contributed by atoms with Crippen LogP contribution in [0.5, 0.6) is 0 Å². The molecule has 6 heteroatoms. The second kappa shape index (κ2) is 6.98. The van der Waals surface area contributed by atoms with Crippen LogP contribution < -0.4 is 16.1 Å². The SMILES string of the molecule is C[C@@H]1CCCN(c2cc(=O)n(C)c(=O)n2Cc2ccccc2C#N)C1. The molecule has 0 amide bonds. The van der Waals surface area contributed by atoms with Crippen molar-refractivity contribution in [3.05, 3.63) is 62.3 Å². The van der Waals surface area contributed by atoms with Gasteiger partial charge >= 0.3 is 5.69 Å². The van der Waals surface area contributed by atoms with E-state index in [9.17, 15) is 14.9 Å². The molecule has 0 N–H and O–H groups in total. The number of nitrogens with zero attached hydrogens (tertiary/aromatic N) is 4. The van der Waals surface area contributed by atoms with Crippen molar-refractivity contribution in [2.75, 3.05) is 18.0 Å². The molecular formula is C19H22N4O2. The van der Waals surface area contributed by atoms with Gasteiger partial charge in [0, 0.05) is 26.2 Å². The molecular weight excluding hydrogens is 316 g/mol. The zero-order valence-corrected chi connectivity index (χ0v) is 14.6. The Hall–Kier alpha value is -2.81. The van der Waals surface area contributed by atoms with E-state index in [1.807, 2.05) is 12.1 Å². The molecule has 2 aromatic rings. The smallest absolute Gasteiger partial charge is 0.332 e. The summed E-state index contributed by atoms with van der Waals surface area (Å²) in [4.78, 5) is 27.1. The second-order valence-electron chi connectivity index (χ2n) is 6.73. The molecule has 1 aromatic carbocycles. The van der Waals surface area contributed by atoms with Crippen LogP contribution in [0.4, 0.5) is 5.82 Å². The fourth-order valence-corrected chi connectivity index (χ4v) is 3.40. The van der Waals surface area contributed by atoms with Gasteiger partial charge in [-0.1, -0.05) is 25.1 Å². The van der Waals surface area contributed by atoms with E-state index >= 15 is 0 Å². The van der Waals surface area contributed by atoms with Crippen molar-refractivity contribution in [1.29, 1.82) is 5.26 Å². The Morgan fingerprint density at radius 1 is 1.28 bits per heavy atom. The number of rotatable bonds is 3. The van der Waals surface area contributed by atoms with Crippen LogP contribution >= 0.6 is 0 Å². The van der Waals surface area contributed by atoms with Gasteiger partial charge in [-0.25, -0.2) is 4.79 Å². The van der Waals surface area contributed by atoms with Gasteiger partial charge in [-0.15, -0.1) is 0 Å². The molecule has 1 fully saturated rings. The Labute approximate surface area is 146 Å². The van der Waals surface area contributed by atoms with Crippen molar-refractivity contribution in [2.45, 2.75) is 26.3 Å². The van der Waals surface area contributed by atoms with Gasteiger partial charge in [0.15, 0.2) is 0 Å². The predicted octanol–water partition coefficient (Wildman–Crippen LogP) is 1.70. The van der Waals surface area contributed by atoms with Crippen molar-refractivity contribution >= 4 is 5.82 Å². The van der Waals surface area contributed by atoms with E-state index in [0.29, 0.717) is 17.3 Å². The van der Waals surface area contributed by atoms with Crippen LogP contribution in [0, 0.1) is 17.2 Å². The molecule has 1 aromatic heterocycles. The topological polar surface area (TPSA) is 71.0 Å². The molecule has 2 heterocycles. The van der Waals surface area contributed by atoms with Gasteiger partial charge in [0.2, 0.25) is 0 Å². The standard InChI is InChI=1S/C19H22N4O2/c1-14-6-5-9-22(12-14)17-10-18(24)21(2)19(25)23(17)13-16-8-4-3-7-15(16)11-20/h3-4,7-8,10,14H,5-6,9,12-13H2,1-2H3/t14-/m1/s1. The molecule has 0 aliphatic carbocycles. The average molecular weight is 338 g/mol. The Morgan fingerprint density at radius 3 is 2.76 bits per heavy atom. The maximum Gasteiger partial charge on any atom is 0.332 e. The first-order valence-electron chi connectivity index (χ1n) is 8.55. The highest BCUT2D eigenvalue weighted by molar-refractivity contribution is 5.42. The quantitative estimate of drug-likeness (QED) is 0.854. The minimum absolute atomic E-state index is 0.275. The Bertz CT molecular complexity index is 936. The van der Waals surface area contributed by atoms with E-state index in [2.05, 4.69) is 17.9 Å². The van der Waals surface area contributed by atoms with Crippen LogP contribution in [-0.4, -0.2) is 22.2 Å². The summed E-state index contributed by atoms with van der Waals surface area (Å²) in [6.07, 6.45) is 2.20. The fraction of sp³-hybridized carbons (Fsp3) is 0.421. The summed E-state index contributed by atoms with van der Waals surface area (Å²) in [5, 5.41) is 9.31. The molecule has 1 aliphatic heterocycles. The lowest BCUT2D eigenvalue weighted by Gasteiger charge is -2.34. The Morgan fingerprint density at radius 2 is 2.04 bits per heavy atom. The molecule has 0 radical (unpaired) electrons. The third kappa shape index (κ3) is 3.36. The van der Waals surface area contributed by atoms with Crippen molar-refractivity contribution in [1.82, 2.24) is 9.13 Å². The lowest BCUT2D eigenvalue weighted by molar-refractivity contribution is 0.437. The van der Waals surface area contributed by atoms with Crippen LogP contribution in [0.1, 0.15) is 30.9 Å². The third-order valence-electron chi connectivity index (χ3n) is 4.82. The summed E-state index contributed by atoms with van der Waals surface area (Å²) < 4.78 is 2.72. The lowest BCUT2D eigenvalue weighted by atomic mass is 10.0. The number of aromatic nitrogens is 2. The van der Waals surface area contributed by atoms with E-state index in [1.54, 1.807) is 16.7 Å². The van der Waals surface area contributed by atoms with Gasteiger partial charge in [-0.05, 0) is 30.4 Å². The molecule has 0 unspecified atom stereocenters. The van der Waals surface area contributed by atoms with Gasteiger partial charge in [-0.2, -0.15) is 5.26 Å². The van der Waals surface area contributed by atoms with E-state index < -0.39 is 0 Å². The lowest BCUT2D eigenvalue weighted by Crippen LogP contribution is -2.44. The van der Waals surface area contributed by atoms with Gasteiger partial charge in [0.1, 0.15) is 5.82 Å². The first kappa shape index (κ1) is 17.0. The summed E-state index contributed by atoms with van der Waals surface area (Å²) in [5.41, 5.74) is 0.662. The molecule has 1 aliphatic rings. The minimum Gasteiger partial charge on any atom is -0.357 e. The summed E-state index contributed by atoms with van der Waals surface area (Å²) in [5.74, 6) is 1.17. The van der Waals surface area contributed by atoms with Gasteiger partial charge in [0.25, 0.3) is 5.56 Å². The van der Waals surface area contributed by atoms with Crippen LogP contribution in [-0.2, 0) is 13.6 Å². The van der Waals surface area contributed by atoms with Gasteiger partial charge in [-0.3, -0.25) is 13.9 Å². The number of hydrogen-bond donors (Lipinski definition) is 0. The number of anilines is 1. The Kier molecular flexibility index (Phi) is 4.75. The highest BCUT2D eigenvalue weighted by Gasteiger charge is 2.21. The van der Waals surface area contributed by atoms with E-state index in [0.717, 1.165) is 36.1 Å². The summed E-state index contributed by atoms with van der Waals surface area (Å²) in [6, 6.07) is 11.0. The highest BCUT2D eigenvalue weighted by atomic mass is 16.2. The fourth-order valence-electron chi connectivity index (χ4n) is 3.40. The zero-order chi connectivity index (χ0) is 18.0. The average Bonchev–Trinajstić information content (AvgIpc) is 2.62. The van der Waals surface area contributed by atoms with E-state index in [4.69, 9.17) is 0 Å². The van der Waals surface area contributed by atoms with Crippen LogP contribution in [0.2, 0.25) is 0 Å². The number of nitriles is 1. The van der Waals surface area contributed by atoms with Crippen LogP contribution in [0.15, 0.2) is 39.9 Å². The summed E-state index contributed by atoms with van der Waals surface area (Å²) in [6.45, 7) is 4.11. The number of benzene rings is 1. The normalized spacial score (nSPS) is 17.3. The highest BCUT2D eigenvalue weighted by Crippen LogP contribution is 2.22. The third-order valence-corrected chi connectivity index (χ3v) is 4.82. The summed E-state index contributed by atoms with van der Waals surface area (Å²) >= 11 is 0. The maximum atomic E-state index is 12.8. The van der Waals surface area contributed by atoms with Crippen LogP contribution in [0.3, 0.4) is 0 Å². The van der Waals surface area contributed by atoms with E-state index in [-0.39, 0.29) is 17.8 Å². The number of piperidine rings is 1. The largest absolute Gasteiger partial charge is 0.357 e. The zero-order valence-electron chi connectivity index (χ0n) is 14.6. The first-order chi connectivity index (χ1) is 12.0. The maximum absolute atomic E-state index is 12.8. The molecule has 6 nitrogen and oxygen atoms in total. The monoisotopic (exact) mass is 338 g/mol. The minimum atomic E-state index is -0.353. The van der Waals surface area contributed by atoms with Crippen LogP contribution in [0.25, 0.3) is 0 Å². The molecule has 0 bridgehead atoms. The Balaban J connectivity index is 2.11. The molecule has 1 saturated heterocycles. The van der Waals surface area contributed by atoms with Crippen molar-refractivity contribution in [2.24, 2.45) is 13.0 Å². The first-order valence-corrected chi connectivity index (χ1v) is 8.55. The molecule has 3 rings (SSSR count). The van der Waals surface area contributed by atoms with Crippen molar-refractivity contribution in [3.63, 3.8) is 0 Å². The molecule has 130 valence electrons. The molecule has 25 heavy (non-hydrogen) atoms. The van der Waals surface area contributed by atoms with Crippen molar-refractivity contribution < 1.29 is 0 Å². The second-order valence-corrected chi connectivity index (χ2v) is 6.73. The van der Waals surface area contributed by atoms with E-state index in [1.165, 1.54) is 13.1 Å². The van der Waals surface area contributed by atoms with Gasteiger partial charge < -0.3 is 4.90 Å². The van der Waals surface area contributed by atoms with Crippen molar-refractivity contribution in [3.8, 4) is 6.07 Å². The molecule has 0 spiro atoms. The van der Waals surface area contributed by atoms with Gasteiger partial charge in [0.05, 0.1) is 18.2 Å². The number of hydrogen-bond acceptors (Lipinski definition) is 4. The molecule has 1 atom stereocenters. The summed E-state index contributed by atoms with van der Waals surface area (Å²) in [7, 11) is 1.49.